The number of anilines is 1. The average Bonchev–Trinajstić information content (AvgIpc) is 3.26. The molecule has 0 aromatic heterocycles. The van der Waals surface area contributed by atoms with Crippen LogP contribution in [0.4, 0.5) is 5.69 Å². The Hall–Kier alpha value is -2.71. The van der Waals surface area contributed by atoms with Crippen molar-refractivity contribution in [3.05, 3.63) is 46.9 Å². The molecule has 150 valence electrons. The molecule has 0 aliphatic carbocycles. The highest BCUT2D eigenvalue weighted by Gasteiger charge is 2.34. The lowest BCUT2D eigenvalue weighted by Gasteiger charge is -2.15. The zero-order valence-electron chi connectivity index (χ0n) is 16.1. The maximum atomic E-state index is 13.0. The van der Waals surface area contributed by atoms with Crippen molar-refractivity contribution in [3.63, 3.8) is 0 Å². The minimum atomic E-state index is -0.180. The lowest BCUT2D eigenvalue weighted by Crippen LogP contribution is -2.27. The van der Waals surface area contributed by atoms with Crippen molar-refractivity contribution in [3.8, 4) is 23.0 Å². The number of carbonyl (C=O) groups is 1. The van der Waals surface area contributed by atoms with E-state index in [1.165, 1.54) is 16.7 Å². The molecule has 29 heavy (non-hydrogen) atoms. The summed E-state index contributed by atoms with van der Waals surface area (Å²) in [4.78, 5) is 15.0. The summed E-state index contributed by atoms with van der Waals surface area (Å²) in [5.74, 6) is 2.35. The van der Waals surface area contributed by atoms with Gasteiger partial charge in [-0.2, -0.15) is 0 Å². The fourth-order valence-corrected chi connectivity index (χ4v) is 4.29. The van der Waals surface area contributed by atoms with Gasteiger partial charge in [-0.15, -0.1) is 0 Å². The van der Waals surface area contributed by atoms with Crippen molar-refractivity contribution in [1.82, 2.24) is 0 Å². The Morgan fingerprint density at radius 2 is 1.93 bits per heavy atom. The minimum Gasteiger partial charge on any atom is -0.493 e. The first-order valence-corrected chi connectivity index (χ1v) is 10.2. The molecule has 0 N–H and O–H groups in total. The van der Waals surface area contributed by atoms with E-state index in [-0.39, 0.29) is 18.8 Å². The zero-order valence-corrected chi connectivity index (χ0v) is 17.8. The molecule has 2 aromatic carbocycles. The molecule has 6 nitrogen and oxygen atoms in total. The van der Waals surface area contributed by atoms with Crippen LogP contribution in [0.3, 0.4) is 0 Å². The van der Waals surface area contributed by atoms with Crippen LogP contribution < -0.4 is 23.8 Å². The summed E-state index contributed by atoms with van der Waals surface area (Å²) in [5, 5.41) is 0. The molecule has 1 fully saturated rings. The fraction of sp³-hybridized carbons (Fsp3) is 0.238. The van der Waals surface area contributed by atoms with E-state index < -0.39 is 0 Å². The molecule has 1 saturated heterocycles. The topological polar surface area (TPSA) is 57.2 Å². The predicted octanol–water partition coefficient (Wildman–Crippen LogP) is 4.62. The Morgan fingerprint density at radius 1 is 1.14 bits per heavy atom. The van der Waals surface area contributed by atoms with Crippen LogP contribution in [-0.2, 0) is 4.79 Å². The summed E-state index contributed by atoms with van der Waals surface area (Å²) in [6, 6.07) is 10.9. The molecular weight excluding hydrogens is 410 g/mol. The van der Waals surface area contributed by atoms with E-state index in [0.717, 1.165) is 5.56 Å². The number of hydrogen-bond donors (Lipinski definition) is 0. The average molecular weight is 430 g/mol. The first-order chi connectivity index (χ1) is 14.0. The summed E-state index contributed by atoms with van der Waals surface area (Å²) >= 11 is 6.71. The number of carbonyl (C=O) groups excluding carboxylic acids is 1. The molecule has 0 saturated carbocycles. The predicted molar refractivity (Wildman–Crippen MR) is 117 cm³/mol. The molecule has 0 spiro atoms. The maximum absolute atomic E-state index is 13.0. The van der Waals surface area contributed by atoms with E-state index in [0.29, 0.717) is 37.9 Å². The number of benzene rings is 2. The number of amides is 1. The Balaban J connectivity index is 1.61. The molecule has 2 heterocycles. The normalized spacial score (nSPS) is 16.8. The zero-order chi connectivity index (χ0) is 20.5. The Kier molecular flexibility index (Phi) is 5.38. The summed E-state index contributed by atoms with van der Waals surface area (Å²) in [7, 11) is 1.59. The summed E-state index contributed by atoms with van der Waals surface area (Å²) in [5.41, 5.74) is 1.47. The highest BCUT2D eigenvalue weighted by molar-refractivity contribution is 8.27. The molecule has 0 radical (unpaired) electrons. The van der Waals surface area contributed by atoms with Crippen LogP contribution in [0.5, 0.6) is 23.0 Å². The van der Waals surface area contributed by atoms with Gasteiger partial charge in [0, 0.05) is 6.07 Å². The van der Waals surface area contributed by atoms with Crippen molar-refractivity contribution in [2.45, 2.75) is 20.0 Å². The molecule has 2 aliphatic heterocycles. The van der Waals surface area contributed by atoms with Crippen molar-refractivity contribution >= 4 is 46.0 Å². The lowest BCUT2D eigenvalue weighted by molar-refractivity contribution is -0.113. The van der Waals surface area contributed by atoms with E-state index in [9.17, 15) is 4.79 Å². The van der Waals surface area contributed by atoms with E-state index >= 15 is 0 Å². The van der Waals surface area contributed by atoms with Gasteiger partial charge in [0.2, 0.25) is 6.79 Å². The third kappa shape index (κ3) is 3.90. The summed E-state index contributed by atoms with van der Waals surface area (Å²) in [6.45, 7) is 4.08. The Morgan fingerprint density at radius 3 is 2.69 bits per heavy atom. The van der Waals surface area contributed by atoms with Gasteiger partial charge >= 0.3 is 0 Å². The molecule has 0 atom stereocenters. The number of hydrogen-bond acceptors (Lipinski definition) is 7. The van der Waals surface area contributed by atoms with Gasteiger partial charge in [0.25, 0.3) is 5.91 Å². The van der Waals surface area contributed by atoms with E-state index in [1.54, 1.807) is 31.4 Å². The largest absolute Gasteiger partial charge is 0.493 e. The van der Waals surface area contributed by atoms with Crippen LogP contribution >= 0.6 is 24.0 Å². The van der Waals surface area contributed by atoms with Crippen LogP contribution in [0.2, 0.25) is 0 Å². The number of nitrogens with zero attached hydrogens (tertiary/aromatic N) is 1. The molecule has 2 aromatic rings. The van der Waals surface area contributed by atoms with Crippen molar-refractivity contribution < 1.29 is 23.7 Å². The Bertz CT molecular complexity index is 1020. The van der Waals surface area contributed by atoms with E-state index in [4.69, 9.17) is 31.2 Å². The standard InChI is InChI=1S/C21H19NO5S2/c1-12(2)27-16-6-4-13(8-17(16)24-3)9-19-20(23)22(21(28)29-19)14-5-7-15-18(10-14)26-11-25-15/h4-10,12H,11H2,1-3H3/b19-9-. The molecule has 0 unspecified atom stereocenters. The van der Waals surface area contributed by atoms with Gasteiger partial charge in [-0.05, 0) is 49.8 Å². The first-order valence-electron chi connectivity index (χ1n) is 8.98. The van der Waals surface area contributed by atoms with Crippen molar-refractivity contribution in [2.75, 3.05) is 18.8 Å². The third-order valence-corrected chi connectivity index (χ3v) is 5.56. The van der Waals surface area contributed by atoms with E-state index in [2.05, 4.69) is 0 Å². The SMILES string of the molecule is COc1cc(/C=C2\SC(=S)N(c3ccc4c(c3)OCO4)C2=O)ccc1OC(C)C. The number of thioether (sulfide) groups is 1. The molecule has 1 amide bonds. The van der Waals surface area contributed by atoms with E-state index in [1.807, 2.05) is 32.0 Å². The molecule has 8 heteroatoms. The van der Waals surface area contributed by atoms with Crippen molar-refractivity contribution in [1.29, 1.82) is 0 Å². The quantitative estimate of drug-likeness (QED) is 0.508. The fourth-order valence-electron chi connectivity index (χ4n) is 2.99. The van der Waals surface area contributed by atoms with Gasteiger partial charge in [0.1, 0.15) is 0 Å². The number of thiocarbonyl (C=S) groups is 1. The van der Waals surface area contributed by atoms with Crippen LogP contribution in [0.15, 0.2) is 41.3 Å². The molecular formula is C21H19NO5S2. The second-order valence-corrected chi connectivity index (χ2v) is 8.31. The third-order valence-electron chi connectivity index (χ3n) is 4.26. The Labute approximate surface area is 178 Å². The molecule has 0 bridgehead atoms. The smallest absolute Gasteiger partial charge is 0.270 e. The maximum Gasteiger partial charge on any atom is 0.270 e. The minimum absolute atomic E-state index is 0.0349. The monoisotopic (exact) mass is 429 g/mol. The summed E-state index contributed by atoms with van der Waals surface area (Å²) in [6.07, 6.45) is 1.83. The second-order valence-electron chi connectivity index (χ2n) is 6.63. The molecule has 2 aliphatic rings. The summed E-state index contributed by atoms with van der Waals surface area (Å²) < 4.78 is 22.4. The molecule has 4 rings (SSSR count). The van der Waals surface area contributed by atoms with Gasteiger partial charge in [-0.25, -0.2) is 0 Å². The van der Waals surface area contributed by atoms with Gasteiger partial charge in [0.05, 0.1) is 23.8 Å². The second kappa shape index (κ2) is 7.96. The van der Waals surface area contributed by atoms with Crippen LogP contribution in [0.1, 0.15) is 19.4 Å². The number of fused-ring (bicyclic) bond motifs is 1. The highest BCUT2D eigenvalue weighted by Crippen LogP contribution is 2.41. The van der Waals surface area contributed by atoms with Gasteiger partial charge in [-0.3, -0.25) is 9.69 Å². The first kappa shape index (κ1) is 19.6. The van der Waals surface area contributed by atoms with Crippen molar-refractivity contribution in [2.24, 2.45) is 0 Å². The number of methoxy groups -OCH3 is 1. The van der Waals surface area contributed by atoms with Gasteiger partial charge in [-0.1, -0.05) is 30.0 Å². The highest BCUT2D eigenvalue weighted by atomic mass is 32.2. The van der Waals surface area contributed by atoms with Gasteiger partial charge < -0.3 is 18.9 Å². The number of rotatable bonds is 5. The van der Waals surface area contributed by atoms with Crippen LogP contribution in [0, 0.1) is 0 Å². The van der Waals surface area contributed by atoms with Gasteiger partial charge in [0.15, 0.2) is 27.3 Å². The number of ether oxygens (including phenoxy) is 4. The van der Waals surface area contributed by atoms with Crippen LogP contribution in [-0.4, -0.2) is 30.2 Å². The lowest BCUT2D eigenvalue weighted by atomic mass is 10.1. The van der Waals surface area contributed by atoms with Crippen LogP contribution in [0.25, 0.3) is 6.08 Å².